The minimum absolute atomic E-state index is 0.297. The van der Waals surface area contributed by atoms with Crippen LogP contribution in [0.4, 0.5) is 0 Å². The second kappa shape index (κ2) is 5.46. The first-order chi connectivity index (χ1) is 11.0. The maximum atomic E-state index is 12.1. The van der Waals surface area contributed by atoms with Gasteiger partial charge in [-0.3, -0.25) is 4.98 Å². The van der Waals surface area contributed by atoms with Gasteiger partial charge in [-0.15, -0.1) is 0 Å². The molecule has 0 radical (unpaired) electrons. The van der Waals surface area contributed by atoms with Crippen LogP contribution in [0.1, 0.15) is 57.5 Å². The summed E-state index contributed by atoms with van der Waals surface area (Å²) in [6, 6.07) is 0. The lowest BCUT2D eigenvalue weighted by Gasteiger charge is -2.32. The average molecular weight is 333 g/mol. The first kappa shape index (κ1) is 17.2. The van der Waals surface area contributed by atoms with Gasteiger partial charge in [-0.1, -0.05) is 0 Å². The van der Waals surface area contributed by atoms with Gasteiger partial charge in [0.1, 0.15) is 11.3 Å². The number of carbonyl (C=O) groups is 1. The predicted octanol–water partition coefficient (Wildman–Crippen LogP) is 3.00. The largest absolute Gasteiger partial charge is 0.458 e. The molecule has 2 aliphatic rings. The average Bonchev–Trinajstić information content (AvgIpc) is 2.63. The number of esters is 1. The van der Waals surface area contributed by atoms with Gasteiger partial charge < -0.3 is 18.8 Å². The third kappa shape index (κ3) is 3.02. The van der Waals surface area contributed by atoms with Gasteiger partial charge in [0.2, 0.25) is 5.79 Å². The summed E-state index contributed by atoms with van der Waals surface area (Å²) in [7, 11) is -0.297. The van der Waals surface area contributed by atoms with Crippen molar-refractivity contribution in [3.63, 3.8) is 0 Å². The van der Waals surface area contributed by atoms with E-state index in [-0.39, 0.29) is 18.3 Å². The van der Waals surface area contributed by atoms with Gasteiger partial charge in [-0.25, -0.2) is 4.79 Å². The standard InChI is InChI=1S/C17H24BNO5/c1-15(2)16(3,4)24-18(23-15)8-7-11-9-19-10-12-13(11)21-17(5,6)22-14(12)20/h9-10H,7-8H2,1-6H3. The minimum Gasteiger partial charge on any atom is -0.451 e. The Morgan fingerprint density at radius 1 is 1.00 bits per heavy atom. The highest BCUT2D eigenvalue weighted by Gasteiger charge is 2.50. The SMILES string of the molecule is CC1(C)OC(=O)c2cncc(CCB3OC(C)(C)C(C)(C)O3)c2O1. The highest BCUT2D eigenvalue weighted by atomic mass is 16.7. The van der Waals surface area contributed by atoms with Crippen LogP contribution in [-0.2, 0) is 20.5 Å². The van der Waals surface area contributed by atoms with Gasteiger partial charge in [-0.05, 0) is 40.4 Å². The van der Waals surface area contributed by atoms with Crippen LogP contribution in [0.3, 0.4) is 0 Å². The smallest absolute Gasteiger partial charge is 0.451 e. The van der Waals surface area contributed by atoms with Gasteiger partial charge in [0.05, 0.1) is 11.2 Å². The third-order valence-electron chi connectivity index (χ3n) is 4.83. The Kier molecular flexibility index (Phi) is 3.92. The Balaban J connectivity index is 1.76. The van der Waals surface area contributed by atoms with Crippen LogP contribution in [0.2, 0.25) is 6.32 Å². The molecule has 1 fully saturated rings. The monoisotopic (exact) mass is 333 g/mol. The topological polar surface area (TPSA) is 66.9 Å². The molecule has 0 spiro atoms. The van der Waals surface area contributed by atoms with Gasteiger partial charge >= 0.3 is 13.1 Å². The van der Waals surface area contributed by atoms with Crippen molar-refractivity contribution in [1.29, 1.82) is 0 Å². The number of aromatic nitrogens is 1. The minimum atomic E-state index is -0.982. The zero-order chi connectivity index (χ0) is 17.8. The lowest BCUT2D eigenvalue weighted by atomic mass is 9.81. The number of pyridine rings is 1. The predicted molar refractivity (Wildman–Crippen MR) is 89.0 cm³/mol. The Morgan fingerprint density at radius 2 is 1.62 bits per heavy atom. The maximum Gasteiger partial charge on any atom is 0.458 e. The molecule has 0 amide bonds. The van der Waals surface area contributed by atoms with Crippen LogP contribution in [0.5, 0.6) is 5.75 Å². The van der Waals surface area contributed by atoms with Crippen molar-refractivity contribution in [1.82, 2.24) is 4.98 Å². The number of cyclic esters (lactones) is 1. The molecular weight excluding hydrogens is 309 g/mol. The molecule has 6 nitrogen and oxygen atoms in total. The molecule has 0 unspecified atom stereocenters. The normalized spacial score (nSPS) is 23.4. The summed E-state index contributed by atoms with van der Waals surface area (Å²) in [5.74, 6) is -0.848. The van der Waals surface area contributed by atoms with Crippen molar-refractivity contribution in [2.75, 3.05) is 0 Å². The maximum absolute atomic E-state index is 12.1. The lowest BCUT2D eigenvalue weighted by Crippen LogP contribution is -2.41. The van der Waals surface area contributed by atoms with Crippen LogP contribution in [0.15, 0.2) is 12.4 Å². The van der Waals surface area contributed by atoms with E-state index in [0.29, 0.717) is 24.1 Å². The van der Waals surface area contributed by atoms with E-state index in [1.807, 2.05) is 27.7 Å². The van der Waals surface area contributed by atoms with E-state index >= 15 is 0 Å². The van der Waals surface area contributed by atoms with Crippen molar-refractivity contribution in [3.8, 4) is 5.75 Å². The number of nitrogens with zero attached hydrogens (tertiary/aromatic N) is 1. The number of fused-ring (bicyclic) bond motifs is 1. The number of aryl methyl sites for hydroxylation is 1. The molecule has 0 aliphatic carbocycles. The quantitative estimate of drug-likeness (QED) is 0.626. The fourth-order valence-corrected chi connectivity index (χ4v) is 2.84. The van der Waals surface area contributed by atoms with E-state index in [4.69, 9.17) is 18.8 Å². The van der Waals surface area contributed by atoms with Crippen molar-refractivity contribution < 1.29 is 23.6 Å². The van der Waals surface area contributed by atoms with Crippen molar-refractivity contribution in [2.24, 2.45) is 0 Å². The van der Waals surface area contributed by atoms with E-state index in [9.17, 15) is 4.79 Å². The van der Waals surface area contributed by atoms with Crippen molar-refractivity contribution in [2.45, 2.75) is 71.3 Å². The first-order valence-electron chi connectivity index (χ1n) is 8.26. The second-order valence-electron chi connectivity index (χ2n) is 7.79. The molecule has 1 aromatic heterocycles. The zero-order valence-electron chi connectivity index (χ0n) is 15.1. The fourth-order valence-electron chi connectivity index (χ4n) is 2.84. The van der Waals surface area contributed by atoms with Gasteiger partial charge in [0, 0.05) is 31.8 Å². The Labute approximate surface area is 143 Å². The lowest BCUT2D eigenvalue weighted by molar-refractivity contribution is -0.127. The van der Waals surface area contributed by atoms with Crippen LogP contribution in [-0.4, -0.2) is 35.1 Å². The summed E-state index contributed by atoms with van der Waals surface area (Å²) < 4.78 is 23.1. The van der Waals surface area contributed by atoms with E-state index in [2.05, 4.69) is 4.98 Å². The Hall–Kier alpha value is -1.60. The summed E-state index contributed by atoms with van der Waals surface area (Å²) in [5, 5.41) is 0. The van der Waals surface area contributed by atoms with Crippen molar-refractivity contribution >= 4 is 13.1 Å². The molecule has 7 heteroatoms. The van der Waals surface area contributed by atoms with E-state index in [1.54, 1.807) is 20.0 Å². The molecule has 1 saturated heterocycles. The molecule has 2 aliphatic heterocycles. The fraction of sp³-hybridized carbons (Fsp3) is 0.647. The molecular formula is C17H24BNO5. The highest BCUT2D eigenvalue weighted by molar-refractivity contribution is 6.45. The molecule has 0 aromatic carbocycles. The van der Waals surface area contributed by atoms with Crippen LogP contribution >= 0.6 is 0 Å². The van der Waals surface area contributed by atoms with Gasteiger partial charge in [0.15, 0.2) is 0 Å². The van der Waals surface area contributed by atoms with Crippen molar-refractivity contribution in [3.05, 3.63) is 23.5 Å². The van der Waals surface area contributed by atoms with Gasteiger partial charge in [0.25, 0.3) is 0 Å². The molecule has 24 heavy (non-hydrogen) atoms. The summed E-state index contributed by atoms with van der Waals surface area (Å²) in [6.45, 7) is 11.5. The molecule has 130 valence electrons. The zero-order valence-corrected chi connectivity index (χ0v) is 15.1. The summed E-state index contributed by atoms with van der Waals surface area (Å²) >= 11 is 0. The number of ether oxygens (including phenoxy) is 2. The highest BCUT2D eigenvalue weighted by Crippen LogP contribution is 2.39. The van der Waals surface area contributed by atoms with E-state index in [1.165, 1.54) is 6.20 Å². The number of carbonyl (C=O) groups excluding carboxylic acids is 1. The number of rotatable bonds is 3. The molecule has 0 atom stereocenters. The summed E-state index contributed by atoms with van der Waals surface area (Å²) in [6.07, 6.45) is 4.49. The molecule has 0 bridgehead atoms. The molecule has 3 rings (SSSR count). The molecule has 0 N–H and O–H groups in total. The van der Waals surface area contributed by atoms with Crippen LogP contribution < -0.4 is 4.74 Å². The molecule has 1 aromatic rings. The number of hydrogen-bond donors (Lipinski definition) is 0. The van der Waals surface area contributed by atoms with E-state index < -0.39 is 11.8 Å². The third-order valence-corrected chi connectivity index (χ3v) is 4.83. The summed E-state index contributed by atoms with van der Waals surface area (Å²) in [5.41, 5.74) is 0.510. The van der Waals surface area contributed by atoms with Crippen LogP contribution in [0.25, 0.3) is 0 Å². The van der Waals surface area contributed by atoms with Crippen LogP contribution in [0, 0.1) is 0 Å². The summed E-state index contributed by atoms with van der Waals surface area (Å²) in [4.78, 5) is 16.2. The molecule has 3 heterocycles. The van der Waals surface area contributed by atoms with E-state index in [0.717, 1.165) is 5.56 Å². The number of hydrogen-bond acceptors (Lipinski definition) is 6. The van der Waals surface area contributed by atoms with Gasteiger partial charge in [-0.2, -0.15) is 0 Å². The Bertz CT molecular complexity index is 655. The first-order valence-corrected chi connectivity index (χ1v) is 8.26. The Morgan fingerprint density at radius 3 is 2.25 bits per heavy atom. The second-order valence-corrected chi connectivity index (χ2v) is 7.79. The molecule has 0 saturated carbocycles.